The standard InChI is InChI=1S/C24H17FN4O/c25-22-13-19(30-15-18-6-5-17-3-1-2-4-23(17)28-18)7-8-20(22)24-21(14-27-29-24)16-9-11-26-12-10-16/h1-14H,15H2,(H,27,29). The van der Waals surface area contributed by atoms with E-state index in [-0.39, 0.29) is 6.61 Å². The predicted molar refractivity (Wildman–Crippen MR) is 113 cm³/mol. The average Bonchev–Trinajstić information content (AvgIpc) is 3.28. The van der Waals surface area contributed by atoms with E-state index in [1.807, 2.05) is 48.5 Å². The molecule has 0 fully saturated rings. The van der Waals surface area contributed by atoms with Crippen LogP contribution in [0.1, 0.15) is 5.69 Å². The number of hydrogen-bond donors (Lipinski definition) is 1. The van der Waals surface area contributed by atoms with Crippen molar-refractivity contribution in [1.29, 1.82) is 0 Å². The Bertz CT molecular complexity index is 1320. The smallest absolute Gasteiger partial charge is 0.136 e. The third-order valence-electron chi connectivity index (χ3n) is 4.87. The van der Waals surface area contributed by atoms with Gasteiger partial charge in [-0.2, -0.15) is 5.10 Å². The Morgan fingerprint density at radius 1 is 0.900 bits per heavy atom. The van der Waals surface area contributed by atoms with E-state index < -0.39 is 5.82 Å². The molecule has 5 aromatic rings. The largest absolute Gasteiger partial charge is 0.487 e. The number of pyridine rings is 2. The molecule has 5 rings (SSSR count). The highest BCUT2D eigenvalue weighted by molar-refractivity contribution is 5.80. The molecule has 0 amide bonds. The zero-order valence-corrected chi connectivity index (χ0v) is 15.9. The first kappa shape index (κ1) is 18.0. The molecule has 0 saturated carbocycles. The lowest BCUT2D eigenvalue weighted by Crippen LogP contribution is -1.99. The van der Waals surface area contributed by atoms with E-state index in [2.05, 4.69) is 20.2 Å². The van der Waals surface area contributed by atoms with Gasteiger partial charge in [0, 0.05) is 41.2 Å². The lowest BCUT2D eigenvalue weighted by Gasteiger charge is -2.09. The maximum atomic E-state index is 14.9. The van der Waals surface area contributed by atoms with Gasteiger partial charge in [0.15, 0.2) is 0 Å². The molecule has 0 aliphatic heterocycles. The Morgan fingerprint density at radius 2 is 1.77 bits per heavy atom. The Balaban J connectivity index is 1.37. The molecule has 0 aliphatic rings. The second-order valence-corrected chi connectivity index (χ2v) is 6.81. The van der Waals surface area contributed by atoms with E-state index in [0.29, 0.717) is 17.0 Å². The number of nitrogens with one attached hydrogen (secondary N) is 1. The summed E-state index contributed by atoms with van der Waals surface area (Å²) in [5.41, 5.74) is 4.36. The number of para-hydroxylation sites is 1. The number of aromatic nitrogens is 4. The van der Waals surface area contributed by atoms with Crippen LogP contribution in [0.3, 0.4) is 0 Å². The Hall–Kier alpha value is -4.06. The van der Waals surface area contributed by atoms with Gasteiger partial charge in [-0.15, -0.1) is 0 Å². The van der Waals surface area contributed by atoms with Crippen LogP contribution in [0.5, 0.6) is 5.75 Å². The van der Waals surface area contributed by atoms with Crippen LogP contribution < -0.4 is 4.74 Å². The number of halogens is 1. The van der Waals surface area contributed by atoms with Crippen molar-refractivity contribution in [2.45, 2.75) is 6.61 Å². The molecule has 0 bridgehead atoms. The van der Waals surface area contributed by atoms with Crippen molar-refractivity contribution in [3.8, 4) is 28.1 Å². The third kappa shape index (κ3) is 3.51. The SMILES string of the molecule is Fc1cc(OCc2ccc3ccccc3n2)ccc1-c1n[nH]cc1-c1ccncc1. The van der Waals surface area contributed by atoms with Crippen molar-refractivity contribution < 1.29 is 9.13 Å². The van der Waals surface area contributed by atoms with Crippen LogP contribution in [0.15, 0.2) is 85.3 Å². The van der Waals surface area contributed by atoms with Gasteiger partial charge in [0.25, 0.3) is 0 Å². The zero-order chi connectivity index (χ0) is 20.3. The van der Waals surface area contributed by atoms with Crippen LogP contribution in [0, 0.1) is 5.82 Å². The van der Waals surface area contributed by atoms with Crippen LogP contribution in [0.4, 0.5) is 4.39 Å². The summed E-state index contributed by atoms with van der Waals surface area (Å²) in [5.74, 6) is 0.0357. The minimum atomic E-state index is -0.402. The van der Waals surface area contributed by atoms with Crippen LogP contribution in [0.25, 0.3) is 33.3 Å². The molecular weight excluding hydrogens is 379 g/mol. The predicted octanol–water partition coefficient (Wildman–Crippen LogP) is 5.41. The fraction of sp³-hybridized carbons (Fsp3) is 0.0417. The first-order valence-electron chi connectivity index (χ1n) is 9.49. The molecule has 5 nitrogen and oxygen atoms in total. The van der Waals surface area contributed by atoms with Gasteiger partial charge in [-0.25, -0.2) is 9.37 Å². The minimum Gasteiger partial charge on any atom is -0.487 e. The fourth-order valence-corrected chi connectivity index (χ4v) is 3.37. The monoisotopic (exact) mass is 396 g/mol. The molecule has 3 aromatic heterocycles. The zero-order valence-electron chi connectivity index (χ0n) is 15.9. The summed E-state index contributed by atoms with van der Waals surface area (Å²) in [5, 5.41) is 8.13. The number of nitrogens with zero attached hydrogens (tertiary/aromatic N) is 3. The summed E-state index contributed by atoms with van der Waals surface area (Å²) < 4.78 is 20.7. The molecule has 2 aromatic carbocycles. The molecule has 0 spiro atoms. The summed E-state index contributed by atoms with van der Waals surface area (Å²) in [6.45, 7) is 0.258. The first-order chi connectivity index (χ1) is 14.8. The number of aromatic amines is 1. The van der Waals surface area contributed by atoms with Crippen LogP contribution >= 0.6 is 0 Å². The Labute approximate surface area is 172 Å². The quantitative estimate of drug-likeness (QED) is 0.432. The molecule has 146 valence electrons. The second-order valence-electron chi connectivity index (χ2n) is 6.81. The maximum Gasteiger partial charge on any atom is 0.136 e. The fourth-order valence-electron chi connectivity index (χ4n) is 3.37. The van der Waals surface area contributed by atoms with Gasteiger partial charge in [0.2, 0.25) is 0 Å². The molecule has 0 atom stereocenters. The van der Waals surface area contributed by atoms with E-state index in [4.69, 9.17) is 4.74 Å². The molecule has 0 saturated heterocycles. The van der Waals surface area contributed by atoms with E-state index in [1.165, 1.54) is 6.07 Å². The highest BCUT2D eigenvalue weighted by atomic mass is 19.1. The van der Waals surface area contributed by atoms with Gasteiger partial charge in [0.05, 0.1) is 11.2 Å². The number of fused-ring (bicyclic) bond motifs is 1. The number of ether oxygens (including phenoxy) is 1. The lowest BCUT2D eigenvalue weighted by atomic mass is 10.0. The Kier molecular flexibility index (Phi) is 4.65. The van der Waals surface area contributed by atoms with Crippen molar-refractivity contribution in [2.75, 3.05) is 0 Å². The van der Waals surface area contributed by atoms with Crippen molar-refractivity contribution in [2.24, 2.45) is 0 Å². The van der Waals surface area contributed by atoms with E-state index in [0.717, 1.165) is 27.7 Å². The van der Waals surface area contributed by atoms with Crippen LogP contribution in [-0.4, -0.2) is 20.2 Å². The molecule has 0 unspecified atom stereocenters. The molecule has 1 N–H and O–H groups in total. The highest BCUT2D eigenvalue weighted by Gasteiger charge is 2.15. The minimum absolute atomic E-state index is 0.258. The van der Waals surface area contributed by atoms with Crippen molar-refractivity contribution in [3.63, 3.8) is 0 Å². The lowest BCUT2D eigenvalue weighted by molar-refractivity contribution is 0.300. The van der Waals surface area contributed by atoms with Gasteiger partial charge in [-0.3, -0.25) is 10.1 Å². The summed E-state index contributed by atoms with van der Waals surface area (Å²) in [4.78, 5) is 8.60. The third-order valence-corrected chi connectivity index (χ3v) is 4.87. The highest BCUT2D eigenvalue weighted by Crippen LogP contribution is 2.32. The maximum absolute atomic E-state index is 14.9. The van der Waals surface area contributed by atoms with Gasteiger partial charge in [-0.05, 0) is 42.0 Å². The normalized spacial score (nSPS) is 11.0. The van der Waals surface area contributed by atoms with E-state index in [9.17, 15) is 4.39 Å². The topological polar surface area (TPSA) is 63.7 Å². The van der Waals surface area contributed by atoms with Crippen LogP contribution in [-0.2, 0) is 6.61 Å². The average molecular weight is 396 g/mol. The number of rotatable bonds is 5. The molecule has 3 heterocycles. The van der Waals surface area contributed by atoms with Crippen LogP contribution in [0.2, 0.25) is 0 Å². The molecule has 30 heavy (non-hydrogen) atoms. The van der Waals surface area contributed by atoms with Gasteiger partial charge < -0.3 is 4.74 Å². The Morgan fingerprint density at radius 3 is 2.63 bits per heavy atom. The second kappa shape index (κ2) is 7.75. The first-order valence-corrected chi connectivity index (χ1v) is 9.49. The summed E-state index contributed by atoms with van der Waals surface area (Å²) in [7, 11) is 0. The molecule has 0 radical (unpaired) electrons. The number of H-pyrrole nitrogens is 1. The van der Waals surface area contributed by atoms with Gasteiger partial charge >= 0.3 is 0 Å². The molecular formula is C24H17FN4O. The van der Waals surface area contributed by atoms with Gasteiger partial charge in [-0.1, -0.05) is 24.3 Å². The summed E-state index contributed by atoms with van der Waals surface area (Å²) in [6.07, 6.45) is 5.14. The van der Waals surface area contributed by atoms with Crippen molar-refractivity contribution >= 4 is 10.9 Å². The van der Waals surface area contributed by atoms with Gasteiger partial charge in [0.1, 0.15) is 23.9 Å². The van der Waals surface area contributed by atoms with E-state index >= 15 is 0 Å². The number of benzene rings is 2. The van der Waals surface area contributed by atoms with E-state index in [1.54, 1.807) is 30.7 Å². The summed E-state index contributed by atoms with van der Waals surface area (Å²) in [6, 6.07) is 20.3. The molecule has 6 heteroatoms. The van der Waals surface area contributed by atoms with Crippen molar-refractivity contribution in [1.82, 2.24) is 20.2 Å². The number of hydrogen-bond acceptors (Lipinski definition) is 4. The van der Waals surface area contributed by atoms with Crippen molar-refractivity contribution in [3.05, 3.63) is 96.8 Å². The molecule has 0 aliphatic carbocycles. The summed E-state index contributed by atoms with van der Waals surface area (Å²) >= 11 is 0.